The lowest BCUT2D eigenvalue weighted by atomic mass is 9.72. The number of aldehydes is 1. The molecule has 0 amide bonds. The van der Waals surface area contributed by atoms with E-state index in [1.807, 2.05) is 23.7 Å². The molecule has 2 atom stereocenters. The van der Waals surface area contributed by atoms with E-state index in [4.69, 9.17) is 0 Å². The van der Waals surface area contributed by atoms with Crippen LogP contribution in [0.5, 0.6) is 0 Å². The van der Waals surface area contributed by atoms with Crippen LogP contribution in [0.4, 0.5) is 13.2 Å². The molecule has 0 saturated heterocycles. The number of alkyl halides is 3. The van der Waals surface area contributed by atoms with Gasteiger partial charge in [0.25, 0.3) is 0 Å². The Morgan fingerprint density at radius 3 is 2.64 bits per heavy atom. The van der Waals surface area contributed by atoms with Crippen LogP contribution in [0.2, 0.25) is 0 Å². The van der Waals surface area contributed by atoms with Crippen LogP contribution in [0.3, 0.4) is 0 Å². The molecule has 1 aliphatic heterocycles. The molecule has 33 heavy (non-hydrogen) atoms. The quantitative estimate of drug-likeness (QED) is 0.547. The Hall–Kier alpha value is -3.43. The van der Waals surface area contributed by atoms with Crippen molar-refractivity contribution in [3.63, 3.8) is 0 Å². The number of fused-ring (bicyclic) bond motifs is 1. The van der Waals surface area contributed by atoms with Crippen LogP contribution in [0.1, 0.15) is 54.6 Å². The van der Waals surface area contributed by atoms with E-state index in [-0.39, 0.29) is 17.2 Å². The molecule has 1 saturated carbocycles. The van der Waals surface area contributed by atoms with Gasteiger partial charge in [0.15, 0.2) is 0 Å². The third-order valence-corrected chi connectivity index (χ3v) is 6.74. The monoisotopic (exact) mass is 457 g/mol. The van der Waals surface area contributed by atoms with Crippen molar-refractivity contribution >= 4 is 12.5 Å². The predicted octanol–water partition coefficient (Wildman–Crippen LogP) is 3.79. The van der Waals surface area contributed by atoms with E-state index < -0.39 is 24.2 Å². The van der Waals surface area contributed by atoms with Gasteiger partial charge >= 0.3 is 11.9 Å². The van der Waals surface area contributed by atoms with Crippen LogP contribution >= 0.6 is 0 Å². The number of carbonyl (C=O) groups excluding carboxylic acids is 1. The van der Waals surface area contributed by atoms with Crippen molar-refractivity contribution in [1.82, 2.24) is 23.9 Å². The first-order valence-corrected chi connectivity index (χ1v) is 10.8. The highest BCUT2D eigenvalue weighted by Gasteiger charge is 2.45. The fourth-order valence-electron chi connectivity index (χ4n) is 4.82. The second-order valence-corrected chi connectivity index (χ2v) is 8.76. The number of aromatic nitrogens is 5. The lowest BCUT2D eigenvalue weighted by molar-refractivity contribution is -0.151. The molecule has 1 aliphatic carbocycles. The Morgan fingerprint density at radius 2 is 2.03 bits per heavy atom. The third kappa shape index (κ3) is 3.63. The number of nitrogens with zero attached hydrogens (tertiary/aromatic N) is 5. The maximum atomic E-state index is 13.7. The summed E-state index contributed by atoms with van der Waals surface area (Å²) in [6.07, 6.45) is 2.62. The Morgan fingerprint density at radius 1 is 1.24 bits per heavy atom. The average molecular weight is 457 g/mol. The summed E-state index contributed by atoms with van der Waals surface area (Å²) >= 11 is 0. The van der Waals surface area contributed by atoms with E-state index in [1.54, 1.807) is 18.5 Å². The molecule has 10 heteroatoms. The Labute approximate surface area is 187 Å². The highest BCUT2D eigenvalue weighted by Crippen LogP contribution is 2.43. The van der Waals surface area contributed by atoms with Gasteiger partial charge in [-0.05, 0) is 42.9 Å². The smallest absolute Gasteiger partial charge is 0.320 e. The number of benzene rings is 1. The molecule has 0 bridgehead atoms. The molecule has 2 aromatic heterocycles. The van der Waals surface area contributed by atoms with E-state index in [0.717, 1.165) is 35.2 Å². The Bertz CT molecular complexity index is 1300. The fourth-order valence-corrected chi connectivity index (χ4v) is 4.82. The van der Waals surface area contributed by atoms with Gasteiger partial charge in [-0.3, -0.25) is 13.9 Å². The molecular formula is C23H22F3N5O2. The van der Waals surface area contributed by atoms with Gasteiger partial charge in [0.05, 0.1) is 11.4 Å². The van der Waals surface area contributed by atoms with Crippen LogP contribution in [-0.2, 0) is 11.8 Å². The lowest BCUT2D eigenvalue weighted by Gasteiger charge is -2.33. The number of carbonyl (C=O) groups is 1. The van der Waals surface area contributed by atoms with Crippen molar-refractivity contribution in [3.05, 3.63) is 69.9 Å². The summed E-state index contributed by atoms with van der Waals surface area (Å²) in [5.74, 6) is -0.740. The fraction of sp³-hybridized carbons (Fsp3) is 0.391. The molecule has 5 rings (SSSR count). The highest BCUT2D eigenvalue weighted by molar-refractivity contribution is 5.79. The van der Waals surface area contributed by atoms with E-state index in [2.05, 4.69) is 10.2 Å². The van der Waals surface area contributed by atoms with Gasteiger partial charge in [0.2, 0.25) is 0 Å². The van der Waals surface area contributed by atoms with E-state index in [0.29, 0.717) is 17.9 Å². The minimum Gasteiger partial charge on any atom is -0.320 e. The van der Waals surface area contributed by atoms with Gasteiger partial charge in [0, 0.05) is 30.9 Å². The number of hydrogen-bond donors (Lipinski definition) is 0. The van der Waals surface area contributed by atoms with Crippen molar-refractivity contribution in [2.24, 2.45) is 13.0 Å². The SMILES string of the molecule is Cn1cnnc1[C@@H](c1cccc(-n2cc3n(c2=O)C=C(C=O)CC3C(F)(F)F)c1)C1CCC1. The molecular weight excluding hydrogens is 435 g/mol. The summed E-state index contributed by atoms with van der Waals surface area (Å²) in [6, 6.07) is 7.27. The lowest BCUT2D eigenvalue weighted by Crippen LogP contribution is -2.29. The van der Waals surface area contributed by atoms with Crippen molar-refractivity contribution in [2.75, 3.05) is 0 Å². The van der Waals surface area contributed by atoms with E-state index in [9.17, 15) is 22.8 Å². The molecule has 3 aromatic rings. The standard InChI is InChI=1S/C23H22F3N5O2/c1-29-13-27-28-21(29)20(15-4-2-5-15)16-6-3-7-17(9-16)30-11-19-18(23(24,25)26)8-14(12-32)10-31(19)22(30)33/h3,6-7,9-13,15,18,20H,2,4-5,8H2,1H3/t18?,20-/m1/s1. The van der Waals surface area contributed by atoms with Crippen LogP contribution in [-0.4, -0.2) is 36.4 Å². The molecule has 2 aliphatic rings. The maximum Gasteiger partial charge on any atom is 0.397 e. The molecule has 0 N–H and O–H groups in total. The Balaban J connectivity index is 1.61. The maximum absolute atomic E-state index is 13.7. The zero-order valence-corrected chi connectivity index (χ0v) is 17.9. The first-order chi connectivity index (χ1) is 15.8. The summed E-state index contributed by atoms with van der Waals surface area (Å²) in [5, 5.41) is 8.30. The molecule has 1 fully saturated rings. The number of hydrogen-bond acceptors (Lipinski definition) is 4. The summed E-state index contributed by atoms with van der Waals surface area (Å²) < 4.78 is 45.1. The van der Waals surface area contributed by atoms with E-state index in [1.165, 1.54) is 17.0 Å². The summed E-state index contributed by atoms with van der Waals surface area (Å²) in [4.78, 5) is 24.3. The summed E-state index contributed by atoms with van der Waals surface area (Å²) in [5.41, 5.74) is 0.515. The van der Waals surface area contributed by atoms with Gasteiger partial charge in [-0.25, -0.2) is 4.79 Å². The van der Waals surface area contributed by atoms with Crippen LogP contribution in [0.25, 0.3) is 11.9 Å². The second-order valence-electron chi connectivity index (χ2n) is 8.76. The summed E-state index contributed by atoms with van der Waals surface area (Å²) in [7, 11) is 1.88. The molecule has 7 nitrogen and oxygen atoms in total. The zero-order valence-electron chi connectivity index (χ0n) is 17.9. The van der Waals surface area contributed by atoms with E-state index >= 15 is 0 Å². The van der Waals surface area contributed by atoms with Gasteiger partial charge < -0.3 is 4.57 Å². The minimum absolute atomic E-state index is 0.0244. The largest absolute Gasteiger partial charge is 0.397 e. The highest BCUT2D eigenvalue weighted by atomic mass is 19.4. The van der Waals surface area contributed by atoms with Crippen molar-refractivity contribution in [3.8, 4) is 5.69 Å². The Kier molecular flexibility index (Phi) is 5.10. The van der Waals surface area contributed by atoms with Gasteiger partial charge in [-0.15, -0.1) is 10.2 Å². The van der Waals surface area contributed by atoms with Gasteiger partial charge in [-0.1, -0.05) is 18.6 Å². The normalized spacial score (nSPS) is 19.5. The number of rotatable bonds is 5. The predicted molar refractivity (Wildman–Crippen MR) is 114 cm³/mol. The van der Waals surface area contributed by atoms with Gasteiger partial charge in [-0.2, -0.15) is 13.2 Å². The minimum atomic E-state index is -4.58. The number of halogens is 3. The van der Waals surface area contributed by atoms with Crippen LogP contribution in [0, 0.1) is 5.92 Å². The average Bonchev–Trinajstić information content (AvgIpc) is 3.32. The molecule has 172 valence electrons. The first kappa shape index (κ1) is 21.4. The van der Waals surface area contributed by atoms with Crippen LogP contribution in [0.15, 0.2) is 47.2 Å². The molecule has 1 unspecified atom stereocenters. The number of imidazole rings is 1. The van der Waals surface area contributed by atoms with Crippen LogP contribution < -0.4 is 5.69 Å². The van der Waals surface area contributed by atoms with Crippen molar-refractivity contribution < 1.29 is 18.0 Å². The molecule has 0 radical (unpaired) electrons. The van der Waals surface area contributed by atoms with Crippen molar-refractivity contribution in [1.29, 1.82) is 0 Å². The number of allylic oxidation sites excluding steroid dienone is 1. The second kappa shape index (κ2) is 7.86. The zero-order chi connectivity index (χ0) is 23.3. The summed E-state index contributed by atoms with van der Waals surface area (Å²) in [6.45, 7) is 0. The van der Waals surface area contributed by atoms with Crippen molar-refractivity contribution in [2.45, 2.75) is 43.7 Å². The number of aryl methyl sites for hydroxylation is 1. The molecule has 1 aromatic carbocycles. The first-order valence-electron chi connectivity index (χ1n) is 10.8. The molecule has 3 heterocycles. The topological polar surface area (TPSA) is 74.7 Å². The van der Waals surface area contributed by atoms with Gasteiger partial charge in [0.1, 0.15) is 24.4 Å². The molecule has 0 spiro atoms. The third-order valence-electron chi connectivity index (χ3n) is 6.74.